The molecule has 1 atom stereocenters. The summed E-state index contributed by atoms with van der Waals surface area (Å²) in [5, 5.41) is 12.2. The van der Waals surface area contributed by atoms with Crippen LogP contribution in [0.5, 0.6) is 0 Å². The monoisotopic (exact) mass is 467 g/mol. The van der Waals surface area contributed by atoms with Crippen molar-refractivity contribution in [3.8, 4) is 0 Å². The number of nitrogens with one attached hydrogen (secondary N) is 1. The minimum Gasteiger partial charge on any atom is -0.308 e. The zero-order valence-electron chi connectivity index (χ0n) is 15.7. The molecule has 1 unspecified atom stereocenters. The molecule has 1 N–H and O–H groups in total. The molecule has 28 heavy (non-hydrogen) atoms. The average molecular weight is 469 g/mol. The summed E-state index contributed by atoms with van der Waals surface area (Å²) >= 11 is 9.58. The maximum Gasteiger partial charge on any atom is 0.230 e. The Morgan fingerprint density at radius 3 is 2.57 bits per heavy atom. The van der Waals surface area contributed by atoms with E-state index in [1.54, 1.807) is 27.7 Å². The predicted molar refractivity (Wildman–Crippen MR) is 110 cm³/mol. The van der Waals surface area contributed by atoms with E-state index >= 15 is 0 Å². The second-order valence-corrected chi connectivity index (χ2v) is 7.94. The van der Waals surface area contributed by atoms with Gasteiger partial charge < -0.3 is 5.32 Å². The van der Waals surface area contributed by atoms with Crippen molar-refractivity contribution in [1.29, 1.82) is 0 Å². The van der Waals surface area contributed by atoms with E-state index in [0.29, 0.717) is 28.4 Å². The molecule has 0 fully saturated rings. The molecule has 0 aliphatic carbocycles. The quantitative estimate of drug-likeness (QED) is 0.576. The number of carbonyl (C=O) groups excluding carboxylic acids is 1. The minimum absolute atomic E-state index is 0.170. The van der Waals surface area contributed by atoms with E-state index in [0.717, 1.165) is 17.0 Å². The highest BCUT2D eigenvalue weighted by Crippen LogP contribution is 2.23. The summed E-state index contributed by atoms with van der Waals surface area (Å²) in [4.78, 5) is 12.6. The zero-order chi connectivity index (χ0) is 20.4. The molecule has 148 valence electrons. The van der Waals surface area contributed by atoms with Crippen LogP contribution in [0.15, 0.2) is 34.9 Å². The molecule has 3 aromatic rings. The Bertz CT molecular complexity index is 999. The van der Waals surface area contributed by atoms with Crippen LogP contribution in [0.4, 0.5) is 10.2 Å². The van der Waals surface area contributed by atoms with E-state index < -0.39 is 0 Å². The normalized spacial score (nSPS) is 12.2. The van der Waals surface area contributed by atoms with E-state index in [1.165, 1.54) is 12.1 Å². The summed E-state index contributed by atoms with van der Waals surface area (Å²) in [6, 6.07) is 6.21. The largest absolute Gasteiger partial charge is 0.308 e. The van der Waals surface area contributed by atoms with Gasteiger partial charge in [0, 0.05) is 6.20 Å². The van der Waals surface area contributed by atoms with E-state index in [2.05, 4.69) is 31.4 Å². The molecule has 0 spiro atoms. The first-order valence-electron chi connectivity index (χ1n) is 8.72. The van der Waals surface area contributed by atoms with Crippen molar-refractivity contribution in [1.82, 2.24) is 19.6 Å². The maximum atomic E-state index is 13.0. The summed E-state index contributed by atoms with van der Waals surface area (Å²) in [6.45, 7) is 6.42. The van der Waals surface area contributed by atoms with Crippen molar-refractivity contribution in [2.75, 3.05) is 5.32 Å². The predicted octanol–water partition coefficient (Wildman–Crippen LogP) is 4.57. The number of aromatic nitrogens is 4. The van der Waals surface area contributed by atoms with Gasteiger partial charge in [0.25, 0.3) is 0 Å². The van der Waals surface area contributed by atoms with Crippen LogP contribution in [0.1, 0.15) is 23.9 Å². The van der Waals surface area contributed by atoms with Crippen molar-refractivity contribution in [3.05, 3.63) is 62.7 Å². The molecule has 6 nitrogen and oxygen atoms in total. The molecule has 3 rings (SSSR count). The van der Waals surface area contributed by atoms with Crippen LogP contribution >= 0.6 is 27.5 Å². The van der Waals surface area contributed by atoms with Crippen LogP contribution in [-0.4, -0.2) is 25.5 Å². The van der Waals surface area contributed by atoms with Gasteiger partial charge in [0.2, 0.25) is 5.91 Å². The molecule has 2 aromatic heterocycles. The third kappa shape index (κ3) is 4.62. The third-order valence-corrected chi connectivity index (χ3v) is 5.53. The molecule has 0 bridgehead atoms. The fourth-order valence-corrected chi connectivity index (χ4v) is 3.32. The fourth-order valence-electron chi connectivity index (χ4n) is 2.77. The van der Waals surface area contributed by atoms with Crippen LogP contribution < -0.4 is 5.32 Å². The van der Waals surface area contributed by atoms with Gasteiger partial charge in [-0.1, -0.05) is 30.7 Å². The van der Waals surface area contributed by atoms with Gasteiger partial charge in [-0.05, 0) is 47.5 Å². The lowest BCUT2D eigenvalue weighted by Gasteiger charge is -2.12. The number of carbonyl (C=O) groups is 1. The highest BCUT2D eigenvalue weighted by molar-refractivity contribution is 9.10. The van der Waals surface area contributed by atoms with Gasteiger partial charge in [0.15, 0.2) is 5.82 Å². The van der Waals surface area contributed by atoms with E-state index in [4.69, 9.17) is 11.6 Å². The molecule has 0 aliphatic heterocycles. The number of amides is 1. The highest BCUT2D eigenvalue weighted by atomic mass is 79.9. The molecule has 0 saturated carbocycles. The lowest BCUT2D eigenvalue weighted by Crippen LogP contribution is -2.25. The second kappa shape index (κ2) is 8.45. The van der Waals surface area contributed by atoms with Crippen LogP contribution in [-0.2, 0) is 17.9 Å². The minimum atomic E-state index is -0.330. The molecule has 1 aromatic carbocycles. The first-order chi connectivity index (χ1) is 13.2. The summed E-state index contributed by atoms with van der Waals surface area (Å²) in [5.41, 5.74) is 2.49. The molecule has 0 aliphatic rings. The van der Waals surface area contributed by atoms with Gasteiger partial charge in [0.05, 0.1) is 39.9 Å². The lowest BCUT2D eigenvalue weighted by atomic mass is 10.1. The van der Waals surface area contributed by atoms with E-state index in [-0.39, 0.29) is 17.6 Å². The molecular formula is C19H20BrClFN5O. The highest BCUT2D eigenvalue weighted by Gasteiger charge is 2.19. The number of anilines is 1. The molecule has 1 amide bonds. The number of hydrogen-bond donors (Lipinski definition) is 1. The summed E-state index contributed by atoms with van der Waals surface area (Å²) in [7, 11) is 0. The van der Waals surface area contributed by atoms with Crippen molar-refractivity contribution in [3.63, 3.8) is 0 Å². The summed E-state index contributed by atoms with van der Waals surface area (Å²) in [5.74, 6) is -0.346. The first kappa shape index (κ1) is 20.5. The Hall–Kier alpha value is -2.19. The van der Waals surface area contributed by atoms with Crippen LogP contribution in [0, 0.1) is 25.6 Å². The van der Waals surface area contributed by atoms with E-state index in [1.807, 2.05) is 20.8 Å². The summed E-state index contributed by atoms with van der Waals surface area (Å²) < 4.78 is 17.1. The van der Waals surface area contributed by atoms with Crippen LogP contribution in [0.25, 0.3) is 0 Å². The smallest absolute Gasteiger partial charge is 0.230 e. The Morgan fingerprint density at radius 1 is 1.29 bits per heavy atom. The summed E-state index contributed by atoms with van der Waals surface area (Å²) in [6.07, 6.45) is 1.77. The molecule has 9 heteroatoms. The zero-order valence-corrected chi connectivity index (χ0v) is 18.1. The number of rotatable bonds is 6. The Morgan fingerprint density at radius 2 is 1.96 bits per heavy atom. The van der Waals surface area contributed by atoms with Crippen molar-refractivity contribution in [2.45, 2.75) is 33.9 Å². The molecule has 0 radical (unpaired) electrons. The van der Waals surface area contributed by atoms with Gasteiger partial charge >= 0.3 is 0 Å². The van der Waals surface area contributed by atoms with Gasteiger partial charge in [-0.3, -0.25) is 14.2 Å². The lowest BCUT2D eigenvalue weighted by molar-refractivity contribution is -0.119. The SMILES string of the molecule is Cc1nn(CC(C)C(=O)Nc2nn(Cc3ccc(F)cc3)cc2Br)c(C)c1Cl. The van der Waals surface area contributed by atoms with Crippen molar-refractivity contribution >= 4 is 39.3 Å². The van der Waals surface area contributed by atoms with Gasteiger partial charge in [-0.15, -0.1) is 0 Å². The van der Waals surface area contributed by atoms with Crippen molar-refractivity contribution in [2.24, 2.45) is 5.92 Å². The first-order valence-corrected chi connectivity index (χ1v) is 9.89. The number of nitrogens with zero attached hydrogens (tertiary/aromatic N) is 4. The maximum absolute atomic E-state index is 13.0. The topological polar surface area (TPSA) is 64.7 Å². The Balaban J connectivity index is 1.65. The van der Waals surface area contributed by atoms with Crippen molar-refractivity contribution < 1.29 is 9.18 Å². The third-order valence-electron chi connectivity index (χ3n) is 4.40. The number of hydrogen-bond acceptors (Lipinski definition) is 3. The fraction of sp³-hybridized carbons (Fsp3) is 0.316. The standard InChI is InChI=1S/C19H20BrClFN5O/c1-11(8-27-13(3)17(21)12(2)24-27)19(28)23-18-16(20)10-26(25-18)9-14-4-6-15(22)7-5-14/h4-7,10-11H,8-9H2,1-3H3,(H,23,25,28). The second-order valence-electron chi connectivity index (χ2n) is 6.71. The average Bonchev–Trinajstić information content (AvgIpc) is 3.11. The molecular weight excluding hydrogens is 449 g/mol. The van der Waals surface area contributed by atoms with Gasteiger partial charge in [-0.25, -0.2) is 4.39 Å². The van der Waals surface area contributed by atoms with Gasteiger partial charge in [-0.2, -0.15) is 10.2 Å². The Kier molecular flexibility index (Phi) is 6.20. The molecule has 0 saturated heterocycles. The Labute approximate surface area is 175 Å². The van der Waals surface area contributed by atoms with Crippen LogP contribution in [0.2, 0.25) is 5.02 Å². The van der Waals surface area contributed by atoms with Crippen LogP contribution in [0.3, 0.4) is 0 Å². The number of benzene rings is 1. The number of aryl methyl sites for hydroxylation is 1. The van der Waals surface area contributed by atoms with Gasteiger partial charge in [0.1, 0.15) is 5.82 Å². The molecule has 2 heterocycles. The number of halogens is 3. The van der Waals surface area contributed by atoms with E-state index in [9.17, 15) is 9.18 Å².